The average Bonchev–Trinajstić information content (AvgIpc) is 2.74. The van der Waals surface area contributed by atoms with Gasteiger partial charge in [0.2, 0.25) is 0 Å². The van der Waals surface area contributed by atoms with E-state index in [9.17, 15) is 0 Å². The molecule has 4 nitrogen and oxygen atoms in total. The molecule has 0 saturated heterocycles. The Labute approximate surface area is 178 Å². The topological polar surface area (TPSA) is 48.1 Å². The van der Waals surface area contributed by atoms with Gasteiger partial charge in [-0.1, -0.05) is 73.5 Å². The van der Waals surface area contributed by atoms with Crippen molar-refractivity contribution in [1.82, 2.24) is 21.3 Å². The van der Waals surface area contributed by atoms with Crippen molar-refractivity contribution in [2.75, 3.05) is 0 Å². The zero-order chi connectivity index (χ0) is 19.6. The summed E-state index contributed by atoms with van der Waals surface area (Å²) in [4.78, 5) is 0. The quantitative estimate of drug-likeness (QED) is 0.544. The minimum absolute atomic E-state index is 0.279. The summed E-state index contributed by atoms with van der Waals surface area (Å²) in [6.45, 7) is 1.46. The third-order valence-electron chi connectivity index (χ3n) is 4.99. The molecule has 6 heteroatoms. The first-order valence-corrected chi connectivity index (χ1v) is 10.7. The second-order valence-corrected chi connectivity index (χ2v) is 7.94. The minimum atomic E-state index is 0.279. The normalized spacial score (nSPS) is 18.7. The molecule has 1 aliphatic carbocycles. The summed E-state index contributed by atoms with van der Waals surface area (Å²) in [5.41, 5.74) is 2.44. The van der Waals surface area contributed by atoms with E-state index in [1.807, 2.05) is 36.4 Å². The van der Waals surface area contributed by atoms with Crippen molar-refractivity contribution in [2.45, 2.75) is 50.9 Å². The molecule has 1 aliphatic rings. The summed E-state index contributed by atoms with van der Waals surface area (Å²) in [6.07, 6.45) is 4.60. The van der Waals surface area contributed by atoms with Gasteiger partial charge in [0.05, 0.1) is 0 Å². The Hall–Kier alpha value is -2.18. The highest BCUT2D eigenvalue weighted by atomic mass is 32.1. The zero-order valence-electron chi connectivity index (χ0n) is 16.0. The van der Waals surface area contributed by atoms with Gasteiger partial charge in [-0.2, -0.15) is 0 Å². The van der Waals surface area contributed by atoms with Crippen molar-refractivity contribution in [3.8, 4) is 0 Å². The van der Waals surface area contributed by atoms with E-state index < -0.39 is 0 Å². The lowest BCUT2D eigenvalue weighted by molar-refractivity contribution is 0.336. The molecule has 148 valence electrons. The summed E-state index contributed by atoms with van der Waals surface area (Å²) in [7, 11) is 0. The maximum absolute atomic E-state index is 5.52. The fourth-order valence-corrected chi connectivity index (χ4v) is 3.92. The van der Waals surface area contributed by atoms with Gasteiger partial charge in [-0.3, -0.25) is 0 Å². The first kappa shape index (κ1) is 20.6. The third kappa shape index (κ3) is 6.77. The van der Waals surface area contributed by atoms with Crippen molar-refractivity contribution < 1.29 is 0 Å². The van der Waals surface area contributed by atoms with Gasteiger partial charge < -0.3 is 21.3 Å². The van der Waals surface area contributed by atoms with E-state index in [-0.39, 0.29) is 12.1 Å². The van der Waals surface area contributed by atoms with E-state index in [0.29, 0.717) is 10.2 Å². The molecule has 0 spiro atoms. The first-order chi connectivity index (χ1) is 13.7. The molecule has 0 bridgehead atoms. The summed E-state index contributed by atoms with van der Waals surface area (Å²) in [5.74, 6) is 0. The maximum Gasteiger partial charge on any atom is 0.166 e. The van der Waals surface area contributed by atoms with Crippen LogP contribution < -0.4 is 21.3 Å². The molecule has 0 aliphatic heterocycles. The second kappa shape index (κ2) is 11.0. The van der Waals surface area contributed by atoms with Crippen LogP contribution in [0.25, 0.3) is 0 Å². The van der Waals surface area contributed by atoms with Crippen LogP contribution >= 0.6 is 24.4 Å². The van der Waals surface area contributed by atoms with Gasteiger partial charge in [0.1, 0.15) is 0 Å². The smallest absolute Gasteiger partial charge is 0.166 e. The van der Waals surface area contributed by atoms with Crippen molar-refractivity contribution in [3.05, 3.63) is 71.8 Å². The van der Waals surface area contributed by atoms with Gasteiger partial charge in [0.25, 0.3) is 0 Å². The van der Waals surface area contributed by atoms with Crippen LogP contribution in [0.3, 0.4) is 0 Å². The molecule has 0 unspecified atom stereocenters. The lowest BCUT2D eigenvalue weighted by Gasteiger charge is -2.34. The Morgan fingerprint density at radius 1 is 0.679 bits per heavy atom. The molecule has 0 heterocycles. The van der Waals surface area contributed by atoms with Crippen molar-refractivity contribution in [2.24, 2.45) is 0 Å². The molecule has 1 saturated carbocycles. The molecule has 3 rings (SSSR count). The van der Waals surface area contributed by atoms with Gasteiger partial charge in [-0.15, -0.1) is 0 Å². The van der Waals surface area contributed by atoms with Crippen LogP contribution in [0.1, 0.15) is 36.8 Å². The maximum atomic E-state index is 5.52. The first-order valence-electron chi connectivity index (χ1n) is 9.87. The fourth-order valence-electron chi connectivity index (χ4n) is 3.47. The predicted molar refractivity (Wildman–Crippen MR) is 124 cm³/mol. The Morgan fingerprint density at radius 2 is 1.07 bits per heavy atom. The number of hydrogen-bond acceptors (Lipinski definition) is 2. The Bertz CT molecular complexity index is 686. The van der Waals surface area contributed by atoms with Crippen LogP contribution in [-0.4, -0.2) is 22.3 Å². The molecule has 2 atom stereocenters. The monoisotopic (exact) mass is 412 g/mol. The minimum Gasteiger partial charge on any atom is -0.359 e. The lowest BCUT2D eigenvalue weighted by Crippen LogP contribution is -2.56. The van der Waals surface area contributed by atoms with Gasteiger partial charge in [0, 0.05) is 25.2 Å². The van der Waals surface area contributed by atoms with Crippen molar-refractivity contribution >= 4 is 34.7 Å². The molecule has 2 aromatic carbocycles. The number of thiocarbonyl (C=S) groups is 2. The fraction of sp³-hybridized carbons (Fsp3) is 0.364. The Balaban J connectivity index is 1.45. The highest BCUT2D eigenvalue weighted by Crippen LogP contribution is 2.18. The molecule has 0 aromatic heterocycles. The highest BCUT2D eigenvalue weighted by Gasteiger charge is 2.26. The summed E-state index contributed by atoms with van der Waals surface area (Å²) in [5, 5.41) is 15.0. The van der Waals surface area contributed by atoms with E-state index in [4.69, 9.17) is 24.4 Å². The van der Waals surface area contributed by atoms with Crippen LogP contribution in [0.5, 0.6) is 0 Å². The molecular formula is C22H28N4S2. The highest BCUT2D eigenvalue weighted by molar-refractivity contribution is 7.80. The van der Waals surface area contributed by atoms with Crippen LogP contribution in [0.4, 0.5) is 0 Å². The second-order valence-electron chi connectivity index (χ2n) is 7.12. The molecule has 2 aromatic rings. The summed E-state index contributed by atoms with van der Waals surface area (Å²) < 4.78 is 0. The van der Waals surface area contributed by atoms with E-state index in [1.165, 1.54) is 24.0 Å². The van der Waals surface area contributed by atoms with E-state index in [2.05, 4.69) is 45.5 Å². The van der Waals surface area contributed by atoms with Crippen LogP contribution in [0.15, 0.2) is 60.7 Å². The number of hydrogen-bond donors (Lipinski definition) is 4. The van der Waals surface area contributed by atoms with Gasteiger partial charge in [-0.05, 0) is 48.4 Å². The lowest BCUT2D eigenvalue weighted by atomic mass is 9.90. The van der Waals surface area contributed by atoms with Crippen molar-refractivity contribution in [3.63, 3.8) is 0 Å². The number of nitrogens with one attached hydrogen (secondary N) is 4. The van der Waals surface area contributed by atoms with Crippen LogP contribution in [-0.2, 0) is 13.1 Å². The van der Waals surface area contributed by atoms with Gasteiger partial charge in [0.15, 0.2) is 10.2 Å². The van der Waals surface area contributed by atoms with Crippen LogP contribution in [0, 0.1) is 0 Å². The van der Waals surface area contributed by atoms with E-state index in [0.717, 1.165) is 25.9 Å². The number of rotatable bonds is 6. The average molecular weight is 413 g/mol. The van der Waals surface area contributed by atoms with E-state index >= 15 is 0 Å². The summed E-state index contributed by atoms with van der Waals surface area (Å²) in [6, 6.07) is 21.1. The zero-order valence-corrected chi connectivity index (χ0v) is 17.6. The van der Waals surface area contributed by atoms with Crippen LogP contribution in [0.2, 0.25) is 0 Å². The molecule has 0 amide bonds. The largest absolute Gasteiger partial charge is 0.359 e. The summed E-state index contributed by atoms with van der Waals surface area (Å²) >= 11 is 11.0. The van der Waals surface area contributed by atoms with E-state index in [1.54, 1.807) is 0 Å². The molecule has 4 N–H and O–H groups in total. The number of benzene rings is 2. The predicted octanol–water partition coefficient (Wildman–Crippen LogP) is 3.63. The molecular weight excluding hydrogens is 384 g/mol. The third-order valence-corrected chi connectivity index (χ3v) is 5.52. The Kier molecular flexibility index (Phi) is 8.06. The Morgan fingerprint density at radius 3 is 1.46 bits per heavy atom. The molecule has 1 fully saturated rings. The molecule has 28 heavy (non-hydrogen) atoms. The van der Waals surface area contributed by atoms with Gasteiger partial charge in [-0.25, -0.2) is 0 Å². The SMILES string of the molecule is S=C(NCc1ccccc1)N[C@@H]1CCCC[C@H]1NC(=S)NCc1ccccc1. The molecule has 0 radical (unpaired) electrons. The van der Waals surface area contributed by atoms with Crippen molar-refractivity contribution in [1.29, 1.82) is 0 Å². The van der Waals surface area contributed by atoms with Gasteiger partial charge >= 0.3 is 0 Å². The standard InChI is InChI=1S/C22H28N4S2/c27-21(23-15-17-9-3-1-4-10-17)25-19-13-7-8-14-20(19)26-22(28)24-16-18-11-5-2-6-12-18/h1-6,9-12,19-20H,7-8,13-16H2,(H2,23,25,27)(H2,24,26,28)/t19-,20-/m1/s1.